The van der Waals surface area contributed by atoms with Gasteiger partial charge in [0.15, 0.2) is 8.32 Å². The Hall–Kier alpha value is -1.21. The second kappa shape index (κ2) is 7.80. The zero-order valence-corrected chi connectivity index (χ0v) is 17.0. The largest absolute Gasteiger partial charge is 0.432 e. The number of carbonyl (C=O) groups is 1. The van der Waals surface area contributed by atoms with Crippen LogP contribution in [0.15, 0.2) is 24.3 Å². The highest BCUT2D eigenvalue weighted by Gasteiger charge is 2.49. The molecule has 0 radical (unpaired) electrons. The number of aliphatic hydroxyl groups excluding tert-OH is 1. The van der Waals surface area contributed by atoms with Gasteiger partial charge in [-0.25, -0.2) is 0 Å². The van der Waals surface area contributed by atoms with Crippen LogP contribution in [0.1, 0.15) is 31.7 Å². The third-order valence-corrected chi connectivity index (χ3v) is 8.48. The molecule has 0 spiro atoms. The van der Waals surface area contributed by atoms with Gasteiger partial charge in [-0.3, -0.25) is 4.79 Å². The monoisotopic (exact) mass is 377 g/mol. The number of anilines is 1. The number of carbonyl (C=O) groups excluding carboxylic acids is 1. The molecule has 2 saturated heterocycles. The molecule has 0 aliphatic carbocycles. The first-order valence-corrected chi connectivity index (χ1v) is 12.7. The lowest BCUT2D eigenvalue weighted by molar-refractivity contribution is -0.122. The Morgan fingerprint density at radius 2 is 1.88 bits per heavy atom. The summed E-state index contributed by atoms with van der Waals surface area (Å²) in [7, 11) is -2.34. The van der Waals surface area contributed by atoms with E-state index in [0.717, 1.165) is 25.1 Å². The van der Waals surface area contributed by atoms with Crippen molar-refractivity contribution in [2.24, 2.45) is 5.92 Å². The predicted molar refractivity (Wildman–Crippen MR) is 105 cm³/mol. The predicted octanol–water partition coefficient (Wildman–Crippen LogP) is 2.71. The molecule has 1 aromatic rings. The molecule has 1 amide bonds. The van der Waals surface area contributed by atoms with Crippen molar-refractivity contribution >= 4 is 19.9 Å². The van der Waals surface area contributed by atoms with E-state index in [1.165, 1.54) is 5.56 Å². The van der Waals surface area contributed by atoms with Gasteiger partial charge in [0, 0.05) is 30.8 Å². The summed E-state index contributed by atoms with van der Waals surface area (Å²) in [6, 6.07) is 8.22. The van der Waals surface area contributed by atoms with Gasteiger partial charge in [-0.1, -0.05) is 19.1 Å². The van der Waals surface area contributed by atoms with Crippen LogP contribution in [0.5, 0.6) is 0 Å². The van der Waals surface area contributed by atoms with E-state index >= 15 is 0 Å². The molecule has 3 rings (SSSR count). The summed E-state index contributed by atoms with van der Waals surface area (Å²) < 4.78 is 6.24. The molecule has 0 bridgehead atoms. The fourth-order valence-electron chi connectivity index (χ4n) is 4.55. The molecule has 0 saturated carbocycles. The zero-order valence-electron chi connectivity index (χ0n) is 16.0. The zero-order chi connectivity index (χ0) is 18.9. The normalized spacial score (nSPS) is 29.1. The van der Waals surface area contributed by atoms with E-state index in [9.17, 15) is 14.7 Å². The Bertz CT molecular complexity index is 628. The van der Waals surface area contributed by atoms with Gasteiger partial charge < -0.3 is 19.5 Å². The van der Waals surface area contributed by atoms with Crippen molar-refractivity contribution in [3.05, 3.63) is 29.8 Å². The van der Waals surface area contributed by atoms with Gasteiger partial charge in [-0.2, -0.15) is 0 Å². The SMILES string of the molecule is C[C@@H]1[C@@H]([Si](C)(C)O)[C@H](CCO)O[C@@H]1CCc1ccc(N2CCC2=O)cc1. The highest BCUT2D eigenvalue weighted by atomic mass is 28.4. The number of aryl methyl sites for hydroxylation is 1. The topological polar surface area (TPSA) is 70.0 Å². The Kier molecular flexibility index (Phi) is 5.87. The smallest absolute Gasteiger partial charge is 0.228 e. The number of amides is 1. The summed E-state index contributed by atoms with van der Waals surface area (Å²) in [5.74, 6) is 0.499. The third-order valence-electron chi connectivity index (χ3n) is 5.95. The number of β-lactam (4-membered cyclic amide) rings is 1. The summed E-state index contributed by atoms with van der Waals surface area (Å²) in [6.45, 7) is 7.04. The molecule has 5 nitrogen and oxygen atoms in total. The standard InChI is InChI=1S/C20H31NO4Si/c1-14-17(25-18(11-13-22)20(14)26(2,3)24)9-6-15-4-7-16(8-5-15)21-12-10-19(21)23/h4-5,7-8,14,17-18,20,22,24H,6,9-13H2,1-3H3/t14-,17+,18-,20+/m0/s1. The van der Waals surface area contributed by atoms with Crippen molar-refractivity contribution in [1.82, 2.24) is 0 Å². The van der Waals surface area contributed by atoms with E-state index in [4.69, 9.17) is 4.74 Å². The van der Waals surface area contributed by atoms with Crippen molar-refractivity contribution < 1.29 is 19.4 Å². The average molecular weight is 378 g/mol. The van der Waals surface area contributed by atoms with Gasteiger partial charge in [0.05, 0.1) is 12.2 Å². The highest BCUT2D eigenvalue weighted by molar-refractivity contribution is 6.71. The van der Waals surface area contributed by atoms with Crippen LogP contribution in [0, 0.1) is 5.92 Å². The van der Waals surface area contributed by atoms with Gasteiger partial charge in [0.2, 0.25) is 5.91 Å². The van der Waals surface area contributed by atoms with E-state index in [-0.39, 0.29) is 30.3 Å². The van der Waals surface area contributed by atoms with E-state index in [2.05, 4.69) is 19.1 Å². The summed E-state index contributed by atoms with van der Waals surface area (Å²) >= 11 is 0. The van der Waals surface area contributed by atoms with Crippen molar-refractivity contribution in [1.29, 1.82) is 0 Å². The van der Waals surface area contributed by atoms with Gasteiger partial charge in [0.25, 0.3) is 0 Å². The summed E-state index contributed by atoms with van der Waals surface area (Å²) in [5.41, 5.74) is 2.38. The maximum atomic E-state index is 11.5. The number of hydrogen-bond acceptors (Lipinski definition) is 4. The molecule has 6 heteroatoms. The Morgan fingerprint density at radius 3 is 2.38 bits per heavy atom. The maximum absolute atomic E-state index is 11.5. The summed E-state index contributed by atoms with van der Waals surface area (Å²) in [4.78, 5) is 24.0. The van der Waals surface area contributed by atoms with Crippen LogP contribution < -0.4 is 4.90 Å². The molecule has 2 N–H and O–H groups in total. The quantitative estimate of drug-likeness (QED) is 0.566. The van der Waals surface area contributed by atoms with Crippen molar-refractivity contribution in [3.63, 3.8) is 0 Å². The minimum Gasteiger partial charge on any atom is -0.432 e. The number of rotatable bonds is 7. The number of hydrogen-bond donors (Lipinski definition) is 2. The number of aliphatic hydroxyl groups is 1. The molecular weight excluding hydrogens is 346 g/mol. The van der Waals surface area contributed by atoms with Crippen LogP contribution >= 0.6 is 0 Å². The van der Waals surface area contributed by atoms with Gasteiger partial charge in [-0.15, -0.1) is 0 Å². The molecule has 0 aromatic heterocycles. The molecular formula is C20H31NO4Si. The lowest BCUT2D eigenvalue weighted by atomic mass is 9.95. The van der Waals surface area contributed by atoms with Crippen LogP contribution in [0.25, 0.3) is 0 Å². The molecule has 4 atom stereocenters. The Balaban J connectivity index is 1.59. The van der Waals surface area contributed by atoms with E-state index in [1.807, 2.05) is 30.1 Å². The minimum absolute atomic E-state index is 0.0357. The number of nitrogens with zero attached hydrogens (tertiary/aromatic N) is 1. The molecule has 1 aromatic carbocycles. The first-order valence-electron chi connectivity index (χ1n) is 9.69. The average Bonchev–Trinajstić information content (AvgIpc) is 2.89. The molecule has 2 fully saturated rings. The third kappa shape index (κ3) is 4.03. The van der Waals surface area contributed by atoms with Crippen molar-refractivity contribution in [2.75, 3.05) is 18.1 Å². The van der Waals surface area contributed by atoms with Gasteiger partial charge >= 0.3 is 0 Å². The maximum Gasteiger partial charge on any atom is 0.228 e. The molecule has 144 valence electrons. The Morgan fingerprint density at radius 1 is 1.19 bits per heavy atom. The minimum atomic E-state index is -2.34. The molecule has 2 aliphatic rings. The molecule has 2 heterocycles. The van der Waals surface area contributed by atoms with Crippen molar-refractivity contribution in [2.45, 2.75) is 63.5 Å². The second-order valence-corrected chi connectivity index (χ2v) is 12.2. The number of ether oxygens (including phenoxy) is 1. The summed E-state index contributed by atoms with van der Waals surface area (Å²) in [6.07, 6.45) is 3.15. The molecule has 26 heavy (non-hydrogen) atoms. The lowest BCUT2D eigenvalue weighted by Gasteiger charge is -2.30. The van der Waals surface area contributed by atoms with Crippen LogP contribution in [-0.4, -0.2) is 49.5 Å². The Labute approximate surface area is 157 Å². The summed E-state index contributed by atoms with van der Waals surface area (Å²) in [5, 5.41) is 9.33. The van der Waals surface area contributed by atoms with Crippen LogP contribution in [-0.2, 0) is 16.0 Å². The van der Waals surface area contributed by atoms with E-state index < -0.39 is 8.32 Å². The lowest BCUT2D eigenvalue weighted by Crippen LogP contribution is -2.43. The van der Waals surface area contributed by atoms with E-state index in [1.54, 1.807) is 0 Å². The highest BCUT2D eigenvalue weighted by Crippen LogP contribution is 2.45. The first-order chi connectivity index (χ1) is 12.3. The number of benzene rings is 1. The van der Waals surface area contributed by atoms with Gasteiger partial charge in [0.1, 0.15) is 0 Å². The van der Waals surface area contributed by atoms with Crippen LogP contribution in [0.2, 0.25) is 18.6 Å². The fraction of sp³-hybridized carbons (Fsp3) is 0.650. The van der Waals surface area contributed by atoms with E-state index in [0.29, 0.717) is 18.8 Å². The molecule has 2 aliphatic heterocycles. The van der Waals surface area contributed by atoms with Crippen LogP contribution in [0.4, 0.5) is 5.69 Å². The second-order valence-electron chi connectivity index (χ2n) is 8.26. The van der Waals surface area contributed by atoms with Crippen molar-refractivity contribution in [3.8, 4) is 0 Å². The first kappa shape index (κ1) is 19.5. The molecule has 0 unspecified atom stereocenters. The van der Waals surface area contributed by atoms with Gasteiger partial charge in [-0.05, 0) is 56.0 Å². The fourth-order valence-corrected chi connectivity index (χ4v) is 7.20. The van der Waals surface area contributed by atoms with Crippen LogP contribution in [0.3, 0.4) is 0 Å².